The zero-order valence-corrected chi connectivity index (χ0v) is 16.1. The summed E-state index contributed by atoms with van der Waals surface area (Å²) in [7, 11) is 0. The van der Waals surface area contributed by atoms with Crippen LogP contribution in [0.25, 0.3) is 44.7 Å². The fourth-order valence-electron chi connectivity index (χ4n) is 3.26. The molecule has 0 saturated carbocycles. The molecular weight excluding hydrogens is 416 g/mol. The molecule has 10 heteroatoms. The average Bonchev–Trinajstić information content (AvgIpc) is 2.78. The third-order valence-corrected chi connectivity index (χ3v) is 4.86. The summed E-state index contributed by atoms with van der Waals surface area (Å²) in [4.78, 5) is 43.6. The fourth-order valence-corrected chi connectivity index (χ4v) is 3.26. The molecule has 0 atom stereocenters. The number of nitrogens with zero attached hydrogens (tertiary/aromatic N) is 3. The van der Waals surface area contributed by atoms with Crippen LogP contribution in [0.3, 0.4) is 0 Å². The summed E-state index contributed by atoms with van der Waals surface area (Å²) < 4.78 is 10.6. The van der Waals surface area contributed by atoms with Crippen LogP contribution in [0.15, 0.2) is 79.1 Å². The normalized spacial score (nSPS) is 11.1. The number of nitrogen functional groups attached to an aromatic ring is 1. The second-order valence-corrected chi connectivity index (χ2v) is 6.93. The molecule has 5 aromatic rings. The van der Waals surface area contributed by atoms with Gasteiger partial charge in [0.1, 0.15) is 0 Å². The molecule has 10 nitrogen and oxygen atoms in total. The third kappa shape index (κ3) is 3.25. The molecule has 0 aliphatic rings. The molecule has 0 radical (unpaired) electrons. The van der Waals surface area contributed by atoms with Crippen molar-refractivity contribution < 1.29 is 13.8 Å². The molecule has 0 aliphatic carbocycles. The topological polar surface area (TPSA) is 155 Å². The number of nitro groups is 1. The Morgan fingerprint density at radius 3 is 1.78 bits per heavy atom. The maximum absolute atomic E-state index is 12.3. The van der Waals surface area contributed by atoms with Crippen molar-refractivity contribution in [2.75, 3.05) is 5.73 Å². The van der Waals surface area contributed by atoms with Gasteiger partial charge in [0.2, 0.25) is 11.8 Å². The van der Waals surface area contributed by atoms with E-state index in [0.717, 1.165) is 0 Å². The van der Waals surface area contributed by atoms with Gasteiger partial charge < -0.3 is 14.6 Å². The minimum Gasteiger partial charge on any atom is -0.403 e. The van der Waals surface area contributed by atoms with E-state index in [4.69, 9.17) is 14.6 Å². The minimum absolute atomic E-state index is 0.00440. The minimum atomic E-state index is -0.663. The molecule has 3 aromatic carbocycles. The number of aromatic nitrogens is 2. The van der Waals surface area contributed by atoms with Crippen LogP contribution >= 0.6 is 0 Å². The molecule has 0 aliphatic heterocycles. The van der Waals surface area contributed by atoms with Crippen LogP contribution in [-0.4, -0.2) is 14.9 Å². The van der Waals surface area contributed by atoms with Crippen molar-refractivity contribution in [2.45, 2.75) is 0 Å². The second kappa shape index (κ2) is 7.13. The van der Waals surface area contributed by atoms with Gasteiger partial charge in [-0.2, -0.15) is 0 Å². The Bertz CT molecular complexity index is 1650. The molecule has 2 heterocycles. The first-order chi connectivity index (χ1) is 15.4. The lowest BCUT2D eigenvalue weighted by molar-refractivity contribution is -0.384. The van der Waals surface area contributed by atoms with Crippen LogP contribution < -0.4 is 17.0 Å². The summed E-state index contributed by atoms with van der Waals surface area (Å²) in [6, 6.07) is 14.9. The summed E-state index contributed by atoms with van der Waals surface area (Å²) in [5.74, 6) is 0.0958. The van der Waals surface area contributed by atoms with Crippen LogP contribution in [0.1, 0.15) is 0 Å². The number of fused-ring (bicyclic) bond motifs is 2. The van der Waals surface area contributed by atoms with Gasteiger partial charge in [-0.25, -0.2) is 19.6 Å². The standard InChI is InChI=1S/C22H12N4O6/c23-13-5-7-15-17(9-13)24-19(31-21(15)27)11-1-3-12(4-2-11)20-25-18-10-14(26(29)30)6-8-16(18)22(28)32-20/h1-10H,23H2. The number of rotatable bonds is 3. The molecule has 0 saturated heterocycles. The quantitative estimate of drug-likeness (QED) is 0.258. The number of hydrogen-bond acceptors (Lipinski definition) is 9. The van der Waals surface area contributed by atoms with Gasteiger partial charge >= 0.3 is 11.3 Å². The van der Waals surface area contributed by atoms with Crippen LogP contribution in [0.2, 0.25) is 0 Å². The largest absolute Gasteiger partial charge is 0.403 e. The molecule has 5 rings (SSSR count). The summed E-state index contributed by atoms with van der Waals surface area (Å²) in [5.41, 5.74) is 6.36. The predicted octanol–water partition coefficient (Wildman–Crippen LogP) is 3.51. The molecule has 2 aromatic heterocycles. The maximum atomic E-state index is 12.3. The van der Waals surface area contributed by atoms with Crippen molar-refractivity contribution in [1.29, 1.82) is 0 Å². The number of non-ortho nitro benzene ring substituents is 1. The highest BCUT2D eigenvalue weighted by Gasteiger charge is 2.14. The smallest absolute Gasteiger partial charge is 0.347 e. The Labute approximate surface area is 177 Å². The lowest BCUT2D eigenvalue weighted by atomic mass is 10.1. The zero-order chi connectivity index (χ0) is 22.4. The van der Waals surface area contributed by atoms with E-state index in [0.29, 0.717) is 27.7 Å². The van der Waals surface area contributed by atoms with Gasteiger partial charge in [-0.1, -0.05) is 0 Å². The number of nitrogens with two attached hydrogens (primary N) is 1. The van der Waals surface area contributed by atoms with E-state index in [1.165, 1.54) is 18.2 Å². The lowest BCUT2D eigenvalue weighted by Gasteiger charge is -2.05. The molecule has 0 unspecified atom stereocenters. The molecule has 2 N–H and O–H groups in total. The second-order valence-electron chi connectivity index (χ2n) is 6.93. The van der Waals surface area contributed by atoms with Gasteiger partial charge in [0.05, 0.1) is 26.7 Å². The summed E-state index contributed by atoms with van der Waals surface area (Å²) in [5, 5.41) is 11.5. The molecule has 32 heavy (non-hydrogen) atoms. The molecular formula is C22H12N4O6. The van der Waals surface area contributed by atoms with E-state index in [9.17, 15) is 19.7 Å². The number of hydrogen-bond donors (Lipinski definition) is 1. The van der Waals surface area contributed by atoms with Crippen LogP contribution in [0.5, 0.6) is 0 Å². The maximum Gasteiger partial charge on any atom is 0.347 e. The molecule has 0 bridgehead atoms. The van der Waals surface area contributed by atoms with Gasteiger partial charge in [-0.05, 0) is 48.5 Å². The van der Waals surface area contributed by atoms with Gasteiger partial charge in [-0.15, -0.1) is 0 Å². The monoisotopic (exact) mass is 428 g/mol. The van der Waals surface area contributed by atoms with E-state index in [1.54, 1.807) is 42.5 Å². The Hall–Kier alpha value is -4.86. The first kappa shape index (κ1) is 19.1. The highest BCUT2D eigenvalue weighted by atomic mass is 16.6. The number of nitro benzene ring substituents is 1. The third-order valence-electron chi connectivity index (χ3n) is 4.86. The number of benzene rings is 3. The highest BCUT2D eigenvalue weighted by Crippen LogP contribution is 2.25. The van der Waals surface area contributed by atoms with Gasteiger partial charge in [0.15, 0.2) is 0 Å². The van der Waals surface area contributed by atoms with Gasteiger partial charge in [0.25, 0.3) is 5.69 Å². The van der Waals surface area contributed by atoms with E-state index < -0.39 is 16.2 Å². The molecule has 0 fully saturated rings. The molecule has 0 spiro atoms. The van der Waals surface area contributed by atoms with Crippen molar-refractivity contribution in [1.82, 2.24) is 9.97 Å². The van der Waals surface area contributed by atoms with Crippen molar-refractivity contribution in [3.05, 3.63) is 91.6 Å². The van der Waals surface area contributed by atoms with Gasteiger partial charge in [0, 0.05) is 28.9 Å². The van der Waals surface area contributed by atoms with E-state index in [-0.39, 0.29) is 28.4 Å². The predicted molar refractivity (Wildman–Crippen MR) is 116 cm³/mol. The van der Waals surface area contributed by atoms with Crippen molar-refractivity contribution >= 4 is 33.2 Å². The van der Waals surface area contributed by atoms with Gasteiger partial charge in [-0.3, -0.25) is 10.1 Å². The SMILES string of the molecule is Nc1ccc2c(=O)oc(-c3ccc(-c4nc5cc([N+](=O)[O-])ccc5c(=O)o4)cc3)nc2c1. The van der Waals surface area contributed by atoms with Crippen LogP contribution in [-0.2, 0) is 0 Å². The summed E-state index contributed by atoms with van der Waals surface area (Å²) in [6.07, 6.45) is 0. The first-order valence-corrected chi connectivity index (χ1v) is 9.29. The zero-order valence-electron chi connectivity index (χ0n) is 16.1. The fraction of sp³-hybridized carbons (Fsp3) is 0. The van der Waals surface area contributed by atoms with Crippen molar-refractivity contribution in [2.24, 2.45) is 0 Å². The number of anilines is 1. The summed E-state index contributed by atoms with van der Waals surface area (Å²) in [6.45, 7) is 0. The molecule has 0 amide bonds. The van der Waals surface area contributed by atoms with E-state index in [1.807, 2.05) is 0 Å². The first-order valence-electron chi connectivity index (χ1n) is 9.29. The summed E-state index contributed by atoms with van der Waals surface area (Å²) >= 11 is 0. The highest BCUT2D eigenvalue weighted by molar-refractivity contribution is 5.82. The van der Waals surface area contributed by atoms with Crippen molar-refractivity contribution in [3.63, 3.8) is 0 Å². The Balaban J connectivity index is 1.57. The van der Waals surface area contributed by atoms with Crippen LogP contribution in [0, 0.1) is 10.1 Å². The average molecular weight is 428 g/mol. The molecule has 156 valence electrons. The van der Waals surface area contributed by atoms with E-state index in [2.05, 4.69) is 9.97 Å². The van der Waals surface area contributed by atoms with Crippen LogP contribution in [0.4, 0.5) is 11.4 Å². The Kier molecular flexibility index (Phi) is 4.26. The van der Waals surface area contributed by atoms with E-state index >= 15 is 0 Å². The van der Waals surface area contributed by atoms with Crippen molar-refractivity contribution in [3.8, 4) is 22.9 Å². The Morgan fingerprint density at radius 2 is 1.25 bits per heavy atom. The Morgan fingerprint density at radius 1 is 0.750 bits per heavy atom. The lowest BCUT2D eigenvalue weighted by Crippen LogP contribution is -2.04.